The quantitative estimate of drug-likeness (QED) is 0.709. The highest BCUT2D eigenvalue weighted by Gasteiger charge is 2.19. The largest absolute Gasteiger partial charge is 0.220 e. The SMILES string of the molecule is Clc1cc(Cl)nc(C2CCCCS2)n1. The monoisotopic (exact) mass is 248 g/mol. The van der Waals surface area contributed by atoms with Gasteiger partial charge in [0.1, 0.15) is 16.1 Å². The van der Waals surface area contributed by atoms with E-state index in [1.54, 1.807) is 6.07 Å². The summed E-state index contributed by atoms with van der Waals surface area (Å²) in [5.74, 6) is 1.96. The highest BCUT2D eigenvalue weighted by atomic mass is 35.5. The van der Waals surface area contributed by atoms with Crippen LogP contribution < -0.4 is 0 Å². The maximum atomic E-state index is 5.82. The summed E-state index contributed by atoms with van der Waals surface area (Å²) in [6, 6.07) is 1.57. The topological polar surface area (TPSA) is 25.8 Å². The van der Waals surface area contributed by atoms with E-state index >= 15 is 0 Å². The summed E-state index contributed by atoms with van der Waals surface area (Å²) in [4.78, 5) is 8.41. The summed E-state index contributed by atoms with van der Waals surface area (Å²) in [7, 11) is 0. The maximum absolute atomic E-state index is 5.82. The van der Waals surface area contributed by atoms with E-state index in [2.05, 4.69) is 9.97 Å². The van der Waals surface area contributed by atoms with Gasteiger partial charge < -0.3 is 0 Å². The number of halogens is 2. The minimum atomic E-state index is 0.375. The molecule has 1 aliphatic heterocycles. The molecule has 1 saturated heterocycles. The summed E-state index contributed by atoms with van der Waals surface area (Å²) in [6.07, 6.45) is 3.65. The van der Waals surface area contributed by atoms with Gasteiger partial charge in [-0.2, -0.15) is 11.8 Å². The number of hydrogen-bond donors (Lipinski definition) is 0. The molecule has 0 radical (unpaired) electrons. The molecule has 0 aliphatic carbocycles. The number of aromatic nitrogens is 2. The van der Waals surface area contributed by atoms with Crippen LogP contribution in [0, 0.1) is 0 Å². The van der Waals surface area contributed by atoms with Crippen molar-refractivity contribution in [1.82, 2.24) is 9.97 Å². The summed E-state index contributed by atoms with van der Waals surface area (Å²) in [5.41, 5.74) is 0. The molecule has 5 heteroatoms. The Morgan fingerprint density at radius 2 is 1.93 bits per heavy atom. The Bertz CT molecular complexity index is 306. The summed E-state index contributed by atoms with van der Waals surface area (Å²) >= 11 is 13.5. The molecule has 0 saturated carbocycles. The zero-order chi connectivity index (χ0) is 9.97. The zero-order valence-corrected chi connectivity index (χ0v) is 9.87. The van der Waals surface area contributed by atoms with Crippen LogP contribution in [0.1, 0.15) is 30.3 Å². The molecular weight excluding hydrogens is 239 g/mol. The molecule has 76 valence electrons. The second-order valence-electron chi connectivity index (χ2n) is 3.23. The predicted octanol–water partition coefficient (Wildman–Crippen LogP) is 3.74. The first-order valence-electron chi connectivity index (χ1n) is 4.57. The van der Waals surface area contributed by atoms with E-state index in [9.17, 15) is 0 Å². The van der Waals surface area contributed by atoms with Crippen LogP contribution in [0.5, 0.6) is 0 Å². The fraction of sp³-hybridized carbons (Fsp3) is 0.556. The Morgan fingerprint density at radius 3 is 2.50 bits per heavy atom. The number of rotatable bonds is 1. The fourth-order valence-electron chi connectivity index (χ4n) is 1.50. The number of thioether (sulfide) groups is 1. The first kappa shape index (κ1) is 10.5. The third-order valence-electron chi connectivity index (χ3n) is 2.15. The smallest absolute Gasteiger partial charge is 0.144 e. The normalized spacial score (nSPS) is 22.3. The van der Waals surface area contributed by atoms with Gasteiger partial charge in [-0.25, -0.2) is 9.97 Å². The fourth-order valence-corrected chi connectivity index (χ4v) is 3.17. The van der Waals surface area contributed by atoms with Crippen LogP contribution in [0.25, 0.3) is 0 Å². The molecule has 1 aromatic rings. The molecule has 1 fully saturated rings. The minimum absolute atomic E-state index is 0.375. The maximum Gasteiger partial charge on any atom is 0.144 e. The number of hydrogen-bond acceptors (Lipinski definition) is 3. The molecular formula is C9H10Cl2N2S. The minimum Gasteiger partial charge on any atom is -0.220 e. The van der Waals surface area contributed by atoms with Gasteiger partial charge in [-0.1, -0.05) is 29.6 Å². The second kappa shape index (κ2) is 4.69. The zero-order valence-electron chi connectivity index (χ0n) is 7.54. The Labute approximate surface area is 97.4 Å². The second-order valence-corrected chi connectivity index (χ2v) is 5.31. The molecule has 0 spiro atoms. The van der Waals surface area contributed by atoms with Crippen LogP contribution in [0.4, 0.5) is 0 Å². The van der Waals surface area contributed by atoms with Crippen molar-refractivity contribution in [3.05, 3.63) is 22.2 Å². The predicted molar refractivity (Wildman–Crippen MR) is 61.1 cm³/mol. The van der Waals surface area contributed by atoms with Gasteiger partial charge in [0.15, 0.2) is 0 Å². The Morgan fingerprint density at radius 1 is 1.21 bits per heavy atom. The van der Waals surface area contributed by atoms with Crippen molar-refractivity contribution in [2.45, 2.75) is 24.5 Å². The van der Waals surface area contributed by atoms with Crippen LogP contribution in [0.2, 0.25) is 10.3 Å². The van der Waals surface area contributed by atoms with Crippen LogP contribution in [0.15, 0.2) is 6.07 Å². The van der Waals surface area contributed by atoms with Gasteiger partial charge in [-0.3, -0.25) is 0 Å². The molecule has 0 N–H and O–H groups in total. The van der Waals surface area contributed by atoms with Crippen molar-refractivity contribution in [1.29, 1.82) is 0 Å². The van der Waals surface area contributed by atoms with Crippen molar-refractivity contribution in [2.24, 2.45) is 0 Å². The Kier molecular flexibility index (Phi) is 3.52. The Hall–Kier alpha value is 0.01000. The van der Waals surface area contributed by atoms with E-state index in [0.717, 1.165) is 12.2 Å². The van der Waals surface area contributed by atoms with Gasteiger partial charge in [0.2, 0.25) is 0 Å². The van der Waals surface area contributed by atoms with Gasteiger partial charge in [0, 0.05) is 6.07 Å². The van der Waals surface area contributed by atoms with Gasteiger partial charge in [-0.05, 0) is 18.6 Å². The summed E-state index contributed by atoms with van der Waals surface area (Å²) in [5, 5.41) is 1.25. The Balaban J connectivity index is 2.21. The van der Waals surface area contributed by atoms with Gasteiger partial charge in [0.05, 0.1) is 5.25 Å². The highest BCUT2D eigenvalue weighted by Crippen LogP contribution is 2.37. The lowest BCUT2D eigenvalue weighted by Crippen LogP contribution is -2.06. The molecule has 2 heterocycles. The van der Waals surface area contributed by atoms with Gasteiger partial charge >= 0.3 is 0 Å². The van der Waals surface area contributed by atoms with E-state index in [1.807, 2.05) is 11.8 Å². The van der Waals surface area contributed by atoms with Crippen LogP contribution in [0.3, 0.4) is 0 Å². The summed E-state index contributed by atoms with van der Waals surface area (Å²) < 4.78 is 0. The van der Waals surface area contributed by atoms with Gasteiger partial charge in [0.25, 0.3) is 0 Å². The van der Waals surface area contributed by atoms with Gasteiger partial charge in [-0.15, -0.1) is 0 Å². The number of nitrogens with zero attached hydrogens (tertiary/aromatic N) is 2. The molecule has 1 atom stereocenters. The third kappa shape index (κ3) is 2.53. The van der Waals surface area contributed by atoms with Crippen LogP contribution >= 0.6 is 35.0 Å². The van der Waals surface area contributed by atoms with E-state index in [4.69, 9.17) is 23.2 Å². The lowest BCUT2D eigenvalue weighted by atomic mass is 10.2. The van der Waals surface area contributed by atoms with E-state index < -0.39 is 0 Å². The average molecular weight is 249 g/mol. The molecule has 2 nitrogen and oxygen atoms in total. The van der Waals surface area contributed by atoms with Crippen molar-refractivity contribution < 1.29 is 0 Å². The molecule has 0 aromatic carbocycles. The van der Waals surface area contributed by atoms with Crippen molar-refractivity contribution in [2.75, 3.05) is 5.75 Å². The molecule has 1 aromatic heterocycles. The van der Waals surface area contributed by atoms with E-state index in [1.165, 1.54) is 18.6 Å². The average Bonchev–Trinajstić information content (AvgIpc) is 2.18. The lowest BCUT2D eigenvalue weighted by molar-refractivity contribution is 0.662. The highest BCUT2D eigenvalue weighted by molar-refractivity contribution is 7.99. The molecule has 0 bridgehead atoms. The molecule has 2 rings (SSSR count). The van der Waals surface area contributed by atoms with Crippen LogP contribution in [-0.4, -0.2) is 15.7 Å². The standard InChI is InChI=1S/C9H10Cl2N2S/c10-7-5-8(11)13-9(12-7)6-3-1-2-4-14-6/h5-6H,1-4H2. The third-order valence-corrected chi connectivity index (χ3v) is 3.91. The van der Waals surface area contributed by atoms with Crippen molar-refractivity contribution >= 4 is 35.0 Å². The molecule has 1 unspecified atom stereocenters. The first-order valence-corrected chi connectivity index (χ1v) is 6.38. The van der Waals surface area contributed by atoms with E-state index in [0.29, 0.717) is 15.6 Å². The van der Waals surface area contributed by atoms with Crippen molar-refractivity contribution in [3.8, 4) is 0 Å². The molecule has 0 amide bonds. The molecule has 14 heavy (non-hydrogen) atoms. The summed E-state index contributed by atoms with van der Waals surface area (Å²) in [6.45, 7) is 0. The first-order chi connectivity index (χ1) is 6.75. The van der Waals surface area contributed by atoms with Crippen molar-refractivity contribution in [3.63, 3.8) is 0 Å². The van der Waals surface area contributed by atoms with E-state index in [-0.39, 0.29) is 0 Å². The lowest BCUT2D eigenvalue weighted by Gasteiger charge is -2.19. The van der Waals surface area contributed by atoms with Crippen LogP contribution in [-0.2, 0) is 0 Å². The molecule has 1 aliphatic rings.